The lowest BCUT2D eigenvalue weighted by molar-refractivity contribution is -0.140. The molecule has 0 bridgehead atoms. The summed E-state index contributed by atoms with van der Waals surface area (Å²) in [7, 11) is 0. The first kappa shape index (κ1) is 28.2. The molecule has 0 N–H and O–H groups in total. The second-order valence-corrected chi connectivity index (χ2v) is 12.4. The summed E-state index contributed by atoms with van der Waals surface area (Å²) in [4.78, 5) is 12.8. The van der Waals surface area contributed by atoms with Crippen molar-refractivity contribution in [2.24, 2.45) is 35.5 Å². The molecule has 0 aromatic heterocycles. The molecule has 4 unspecified atom stereocenters. The number of rotatable bonds is 12. The topological polar surface area (TPSA) is 35.5 Å². The Kier molecular flexibility index (Phi) is 11.4. The first-order valence-corrected chi connectivity index (χ1v) is 15.7. The van der Waals surface area contributed by atoms with E-state index in [1.807, 2.05) is 43.3 Å². The second kappa shape index (κ2) is 15.0. The molecule has 0 radical (unpaired) electrons. The highest BCUT2D eigenvalue weighted by Crippen LogP contribution is 2.49. The van der Waals surface area contributed by atoms with Crippen LogP contribution in [0.15, 0.2) is 36.4 Å². The van der Waals surface area contributed by atoms with Crippen LogP contribution in [0.25, 0.3) is 0 Å². The molecule has 0 aliphatic heterocycles. The summed E-state index contributed by atoms with van der Waals surface area (Å²) in [5.41, 5.74) is 0. The van der Waals surface area contributed by atoms with Crippen molar-refractivity contribution in [2.45, 2.75) is 117 Å². The van der Waals surface area contributed by atoms with Crippen LogP contribution in [0.3, 0.4) is 0 Å². The molecule has 1 aromatic carbocycles. The van der Waals surface area contributed by atoms with E-state index in [0.29, 0.717) is 12.4 Å². The van der Waals surface area contributed by atoms with Gasteiger partial charge in [-0.15, -0.1) is 0 Å². The summed E-state index contributed by atoms with van der Waals surface area (Å²) in [6.45, 7) is 4.84. The number of hydrogen-bond donors (Lipinski definition) is 0. The summed E-state index contributed by atoms with van der Waals surface area (Å²) in [6.07, 6.45) is 25.8. The van der Waals surface area contributed by atoms with Crippen molar-refractivity contribution in [2.75, 3.05) is 6.61 Å². The molecule has 206 valence electrons. The van der Waals surface area contributed by atoms with E-state index in [1.54, 1.807) is 0 Å². The minimum Gasteiger partial charge on any atom is -0.490 e. The summed E-state index contributed by atoms with van der Waals surface area (Å²) >= 11 is 0. The summed E-state index contributed by atoms with van der Waals surface area (Å²) < 4.78 is 11.4. The monoisotopic (exact) mass is 508 g/mol. The standard InChI is InChI=1S/C34H52O3/c1-3-5-7-8-9-10-26-11-12-31-25-30(18-17-29(31)24-26)27-13-15-28(16-14-27)34(35)37-33-21-19-32(20-22-33)36-23-6-4-2/h4,6,19-22,26-31H,3,5,7-18,23-25H2,1-2H3/b6-4+. The van der Waals surface area contributed by atoms with E-state index in [9.17, 15) is 4.79 Å². The highest BCUT2D eigenvalue weighted by molar-refractivity contribution is 5.75. The van der Waals surface area contributed by atoms with Gasteiger partial charge < -0.3 is 9.47 Å². The first-order chi connectivity index (χ1) is 18.2. The van der Waals surface area contributed by atoms with Crippen molar-refractivity contribution in [1.82, 2.24) is 0 Å². The largest absolute Gasteiger partial charge is 0.490 e. The van der Waals surface area contributed by atoms with Gasteiger partial charge in [0, 0.05) is 0 Å². The van der Waals surface area contributed by atoms with Gasteiger partial charge in [0.1, 0.15) is 18.1 Å². The molecule has 3 aliphatic rings. The molecule has 3 fully saturated rings. The number of allylic oxidation sites excluding steroid dienone is 1. The molecule has 3 nitrogen and oxygen atoms in total. The predicted octanol–water partition coefficient (Wildman–Crippen LogP) is 9.55. The molecular weight excluding hydrogens is 456 g/mol. The van der Waals surface area contributed by atoms with Gasteiger partial charge in [-0.3, -0.25) is 4.79 Å². The van der Waals surface area contributed by atoms with Crippen molar-refractivity contribution in [1.29, 1.82) is 0 Å². The van der Waals surface area contributed by atoms with Gasteiger partial charge in [0.25, 0.3) is 0 Å². The molecule has 1 aromatic rings. The number of esters is 1. The third kappa shape index (κ3) is 8.62. The third-order valence-corrected chi connectivity index (χ3v) is 9.87. The molecule has 0 amide bonds. The van der Waals surface area contributed by atoms with Crippen LogP contribution < -0.4 is 9.47 Å². The summed E-state index contributed by atoms with van der Waals surface area (Å²) in [5.74, 6) is 6.18. The fraction of sp³-hybridized carbons (Fsp3) is 0.735. The van der Waals surface area contributed by atoms with Crippen LogP contribution in [0, 0.1) is 35.5 Å². The lowest BCUT2D eigenvalue weighted by atomic mass is 9.60. The zero-order valence-corrected chi connectivity index (χ0v) is 23.7. The van der Waals surface area contributed by atoms with Crippen LogP contribution in [0.5, 0.6) is 11.5 Å². The molecule has 3 aliphatic carbocycles. The van der Waals surface area contributed by atoms with E-state index >= 15 is 0 Å². The number of ether oxygens (including phenoxy) is 2. The van der Waals surface area contributed by atoms with Crippen LogP contribution in [0.4, 0.5) is 0 Å². The van der Waals surface area contributed by atoms with Crippen LogP contribution in [0.2, 0.25) is 0 Å². The average molecular weight is 509 g/mol. The SMILES string of the molecule is C/C=C/COc1ccc(OC(=O)C2CCC(C3CCC4CC(CCCCCCC)CCC4C3)CC2)cc1. The molecule has 4 rings (SSSR count). The summed E-state index contributed by atoms with van der Waals surface area (Å²) in [6, 6.07) is 7.43. The molecule has 0 heterocycles. The number of unbranched alkanes of at least 4 members (excludes halogenated alkanes) is 4. The molecule has 3 saturated carbocycles. The maximum atomic E-state index is 12.8. The molecule has 4 atom stereocenters. The Hall–Kier alpha value is -1.77. The van der Waals surface area contributed by atoms with Gasteiger partial charge in [0.15, 0.2) is 0 Å². The van der Waals surface area contributed by atoms with E-state index in [1.165, 1.54) is 89.9 Å². The molecular formula is C34H52O3. The first-order valence-electron chi connectivity index (χ1n) is 15.7. The van der Waals surface area contributed by atoms with Gasteiger partial charge in [-0.25, -0.2) is 0 Å². The van der Waals surface area contributed by atoms with Crippen LogP contribution >= 0.6 is 0 Å². The van der Waals surface area contributed by atoms with E-state index in [0.717, 1.165) is 48.2 Å². The number of benzene rings is 1. The second-order valence-electron chi connectivity index (χ2n) is 12.4. The van der Waals surface area contributed by atoms with Crippen molar-refractivity contribution in [3.05, 3.63) is 36.4 Å². The number of fused-ring (bicyclic) bond motifs is 1. The van der Waals surface area contributed by atoms with E-state index in [-0.39, 0.29) is 11.9 Å². The molecule has 3 heteroatoms. The summed E-state index contributed by atoms with van der Waals surface area (Å²) in [5, 5.41) is 0. The Labute approximate surface area is 226 Å². The zero-order valence-electron chi connectivity index (χ0n) is 23.7. The fourth-order valence-corrected chi connectivity index (χ4v) is 7.62. The van der Waals surface area contributed by atoms with Gasteiger partial charge in [0.2, 0.25) is 0 Å². The van der Waals surface area contributed by atoms with Gasteiger partial charge in [0.05, 0.1) is 5.92 Å². The lowest BCUT2D eigenvalue weighted by Crippen LogP contribution is -2.35. The zero-order chi connectivity index (χ0) is 25.9. The third-order valence-electron chi connectivity index (χ3n) is 9.87. The molecule has 0 spiro atoms. The number of hydrogen-bond acceptors (Lipinski definition) is 3. The minimum atomic E-state index is -0.0437. The Morgan fingerprint density at radius 3 is 2.14 bits per heavy atom. The quantitative estimate of drug-likeness (QED) is 0.122. The predicted molar refractivity (Wildman–Crippen MR) is 153 cm³/mol. The van der Waals surface area contributed by atoms with Gasteiger partial charge in [-0.2, -0.15) is 0 Å². The molecule has 0 saturated heterocycles. The average Bonchev–Trinajstić information content (AvgIpc) is 2.94. The lowest BCUT2D eigenvalue weighted by Gasteiger charge is -2.45. The maximum absolute atomic E-state index is 12.8. The Morgan fingerprint density at radius 2 is 1.41 bits per heavy atom. The van der Waals surface area contributed by atoms with Crippen LogP contribution in [0.1, 0.15) is 117 Å². The van der Waals surface area contributed by atoms with Gasteiger partial charge >= 0.3 is 5.97 Å². The van der Waals surface area contributed by atoms with Gasteiger partial charge in [-0.05, 0) is 119 Å². The van der Waals surface area contributed by atoms with E-state index in [2.05, 4.69) is 6.92 Å². The van der Waals surface area contributed by atoms with Gasteiger partial charge in [-0.1, -0.05) is 64.0 Å². The maximum Gasteiger partial charge on any atom is 0.314 e. The van der Waals surface area contributed by atoms with E-state index in [4.69, 9.17) is 9.47 Å². The van der Waals surface area contributed by atoms with Crippen molar-refractivity contribution >= 4 is 5.97 Å². The Morgan fingerprint density at radius 1 is 0.784 bits per heavy atom. The highest BCUT2D eigenvalue weighted by atomic mass is 16.5. The van der Waals surface area contributed by atoms with Crippen LogP contribution in [-0.4, -0.2) is 12.6 Å². The van der Waals surface area contributed by atoms with Crippen molar-refractivity contribution in [3.63, 3.8) is 0 Å². The molecule has 37 heavy (non-hydrogen) atoms. The van der Waals surface area contributed by atoms with Crippen molar-refractivity contribution in [3.8, 4) is 11.5 Å². The number of carbonyl (C=O) groups excluding carboxylic acids is 1. The Bertz CT molecular complexity index is 820. The minimum absolute atomic E-state index is 0.0437. The van der Waals surface area contributed by atoms with Crippen LogP contribution in [-0.2, 0) is 4.79 Å². The number of carbonyl (C=O) groups is 1. The Balaban J connectivity index is 1.14. The highest BCUT2D eigenvalue weighted by Gasteiger charge is 2.39. The van der Waals surface area contributed by atoms with E-state index < -0.39 is 0 Å². The smallest absolute Gasteiger partial charge is 0.314 e. The van der Waals surface area contributed by atoms with Crippen molar-refractivity contribution < 1.29 is 14.3 Å². The normalized spacial score (nSPS) is 30.1. The fourth-order valence-electron chi connectivity index (χ4n) is 7.62.